The van der Waals surface area contributed by atoms with Gasteiger partial charge in [-0.05, 0) is 87.7 Å². The summed E-state index contributed by atoms with van der Waals surface area (Å²) in [6, 6.07) is 16.2. The smallest absolute Gasteiger partial charge is 0.283 e. The van der Waals surface area contributed by atoms with Crippen LogP contribution in [0.15, 0.2) is 75.8 Å². The first-order valence-corrected chi connectivity index (χ1v) is 14.3. The molecule has 0 atom stereocenters. The standard InChI is InChI=1S/C31H28Cl3N5O2/c1-6-37(7-2)22-13-17(3)26(18(4)14-22)35-27-19(5)25-29(38(31(27)41)21-11-9-8-10-12-21)36-39(30(25)40)28-23(33)15-20(32)16-24(28)34/h8-16H,6-7H2,1-5H3. The average molecular weight is 609 g/mol. The molecule has 41 heavy (non-hydrogen) atoms. The van der Waals surface area contributed by atoms with Crippen LogP contribution in [0.2, 0.25) is 15.1 Å². The molecule has 0 saturated carbocycles. The molecule has 0 saturated heterocycles. The highest BCUT2D eigenvalue weighted by Gasteiger charge is 2.45. The molecule has 2 amide bonds. The van der Waals surface area contributed by atoms with Crippen LogP contribution in [0.4, 0.5) is 22.7 Å². The van der Waals surface area contributed by atoms with Gasteiger partial charge in [-0.1, -0.05) is 53.0 Å². The Morgan fingerprint density at radius 3 is 2.00 bits per heavy atom. The molecule has 210 valence electrons. The van der Waals surface area contributed by atoms with Crippen LogP contribution < -0.4 is 14.8 Å². The Balaban J connectivity index is 1.71. The number of fused-ring (bicyclic) bond motifs is 1. The van der Waals surface area contributed by atoms with Crippen LogP contribution in [0.25, 0.3) is 0 Å². The number of anilines is 3. The number of hydrogen-bond donors (Lipinski definition) is 0. The summed E-state index contributed by atoms with van der Waals surface area (Å²) in [4.78, 5) is 36.7. The number of rotatable bonds is 6. The summed E-state index contributed by atoms with van der Waals surface area (Å²) in [5.41, 5.74) is 5.18. The van der Waals surface area contributed by atoms with E-state index in [1.165, 1.54) is 17.0 Å². The van der Waals surface area contributed by atoms with Gasteiger partial charge in [-0.25, -0.2) is 4.99 Å². The molecule has 10 heteroatoms. The third-order valence-corrected chi connectivity index (χ3v) is 8.00. The molecule has 3 aromatic carbocycles. The number of para-hydroxylation sites is 1. The van der Waals surface area contributed by atoms with Gasteiger partial charge in [0, 0.05) is 23.8 Å². The number of aliphatic imine (C=N–C) groups is 1. The maximum absolute atomic E-state index is 14.2. The molecular weight excluding hydrogens is 581 g/mol. The minimum Gasteiger partial charge on any atom is -0.372 e. The summed E-state index contributed by atoms with van der Waals surface area (Å²) in [6.45, 7) is 11.6. The van der Waals surface area contributed by atoms with Gasteiger partial charge >= 0.3 is 0 Å². The van der Waals surface area contributed by atoms with Crippen molar-refractivity contribution in [1.82, 2.24) is 0 Å². The van der Waals surface area contributed by atoms with E-state index < -0.39 is 11.8 Å². The predicted molar refractivity (Wildman–Crippen MR) is 170 cm³/mol. The monoisotopic (exact) mass is 607 g/mol. The van der Waals surface area contributed by atoms with Gasteiger partial charge in [0.05, 0.1) is 27.0 Å². The normalized spacial score (nSPS) is 16.1. The second-order valence-corrected chi connectivity index (χ2v) is 11.0. The molecule has 2 aliphatic rings. The molecule has 2 heterocycles. The molecular formula is C31H28Cl3N5O2. The third kappa shape index (κ3) is 5.03. The first-order chi connectivity index (χ1) is 19.6. The quantitative estimate of drug-likeness (QED) is 0.286. The molecule has 7 nitrogen and oxygen atoms in total. The van der Waals surface area contributed by atoms with Crippen molar-refractivity contribution in [3.05, 3.63) is 91.9 Å². The van der Waals surface area contributed by atoms with Gasteiger partial charge in [-0.3, -0.25) is 14.5 Å². The van der Waals surface area contributed by atoms with E-state index in [0.717, 1.165) is 34.9 Å². The Morgan fingerprint density at radius 1 is 0.854 bits per heavy atom. The van der Waals surface area contributed by atoms with Gasteiger partial charge in [0.1, 0.15) is 11.4 Å². The van der Waals surface area contributed by atoms with Crippen molar-refractivity contribution in [3.63, 3.8) is 0 Å². The zero-order chi connectivity index (χ0) is 29.6. The molecule has 2 aliphatic heterocycles. The highest BCUT2D eigenvalue weighted by molar-refractivity contribution is 6.61. The number of benzene rings is 3. The Hall–Kier alpha value is -3.65. The van der Waals surface area contributed by atoms with Gasteiger partial charge in [-0.2, -0.15) is 5.01 Å². The van der Waals surface area contributed by atoms with Crippen LogP contribution in [0.5, 0.6) is 0 Å². The lowest BCUT2D eigenvalue weighted by atomic mass is 9.96. The molecule has 0 spiro atoms. The molecule has 3 aromatic rings. The second-order valence-electron chi connectivity index (χ2n) is 9.80. The Kier molecular flexibility index (Phi) is 7.97. The lowest BCUT2D eigenvalue weighted by Crippen LogP contribution is -2.47. The average Bonchev–Trinajstić information content (AvgIpc) is 3.25. The molecule has 0 radical (unpaired) electrons. The number of amidine groups is 1. The topological polar surface area (TPSA) is 68.6 Å². The van der Waals surface area contributed by atoms with Crippen LogP contribution >= 0.6 is 34.8 Å². The SMILES string of the molecule is CCN(CC)c1cc(C)c(N=C2C(=O)N(c3ccccc3)C3=NN(c4c(Cl)cc(Cl)cc4Cl)C(=O)C3=C2C)c(C)c1. The second kappa shape index (κ2) is 11.3. The molecule has 0 bridgehead atoms. The van der Waals surface area contributed by atoms with Crippen LogP contribution in [0.1, 0.15) is 31.9 Å². The summed E-state index contributed by atoms with van der Waals surface area (Å²) >= 11 is 19.0. The lowest BCUT2D eigenvalue weighted by molar-refractivity contribution is -0.114. The first-order valence-electron chi connectivity index (χ1n) is 13.2. The largest absolute Gasteiger partial charge is 0.372 e. The molecule has 0 aliphatic carbocycles. The third-order valence-electron chi connectivity index (χ3n) is 7.21. The van der Waals surface area contributed by atoms with E-state index in [4.69, 9.17) is 39.8 Å². The Bertz CT molecular complexity index is 1630. The number of nitrogens with zero attached hydrogens (tertiary/aromatic N) is 5. The van der Waals surface area contributed by atoms with Crippen LogP contribution in [-0.4, -0.2) is 36.5 Å². The van der Waals surface area contributed by atoms with Crippen LogP contribution in [-0.2, 0) is 9.59 Å². The maximum atomic E-state index is 14.2. The van der Waals surface area contributed by atoms with Gasteiger partial charge in [0.2, 0.25) is 0 Å². The van der Waals surface area contributed by atoms with Crippen LogP contribution in [0, 0.1) is 13.8 Å². The predicted octanol–water partition coefficient (Wildman–Crippen LogP) is 7.91. The zero-order valence-electron chi connectivity index (χ0n) is 23.3. The molecule has 0 N–H and O–H groups in total. The maximum Gasteiger partial charge on any atom is 0.283 e. The van der Waals surface area contributed by atoms with E-state index in [1.54, 1.807) is 19.1 Å². The number of carbonyl (C=O) groups excluding carboxylic acids is 2. The molecule has 0 unspecified atom stereocenters. The van der Waals surface area contributed by atoms with Crippen molar-refractivity contribution in [1.29, 1.82) is 0 Å². The number of aryl methyl sites for hydroxylation is 2. The van der Waals surface area contributed by atoms with E-state index in [1.807, 2.05) is 32.0 Å². The zero-order valence-corrected chi connectivity index (χ0v) is 25.6. The molecule has 5 rings (SSSR count). The van der Waals surface area contributed by atoms with Crippen molar-refractivity contribution < 1.29 is 9.59 Å². The summed E-state index contributed by atoms with van der Waals surface area (Å²) in [6.07, 6.45) is 0. The minimum atomic E-state index is -0.477. The molecule has 0 aromatic heterocycles. The van der Waals surface area contributed by atoms with E-state index >= 15 is 0 Å². The number of amides is 2. The molecule has 0 fully saturated rings. The van der Waals surface area contributed by atoms with E-state index in [9.17, 15) is 9.59 Å². The van der Waals surface area contributed by atoms with E-state index in [2.05, 4.69) is 36.0 Å². The van der Waals surface area contributed by atoms with Crippen molar-refractivity contribution in [2.45, 2.75) is 34.6 Å². The minimum absolute atomic E-state index is 0.156. The fourth-order valence-electron chi connectivity index (χ4n) is 5.19. The fourth-order valence-corrected chi connectivity index (χ4v) is 6.16. The summed E-state index contributed by atoms with van der Waals surface area (Å²) in [7, 11) is 0. The van der Waals surface area contributed by atoms with Gasteiger partial charge in [-0.15, -0.1) is 5.10 Å². The van der Waals surface area contributed by atoms with Gasteiger partial charge in [0.15, 0.2) is 5.84 Å². The summed E-state index contributed by atoms with van der Waals surface area (Å²) in [5, 5.41) is 6.33. The van der Waals surface area contributed by atoms with E-state index in [-0.39, 0.29) is 32.9 Å². The summed E-state index contributed by atoms with van der Waals surface area (Å²) < 4.78 is 0. The van der Waals surface area contributed by atoms with Crippen molar-refractivity contribution in [2.24, 2.45) is 10.1 Å². The number of hydrogen-bond acceptors (Lipinski definition) is 5. The fraction of sp³-hybridized carbons (Fsp3) is 0.226. The lowest BCUT2D eigenvalue weighted by Gasteiger charge is -2.28. The first kappa shape index (κ1) is 28.9. The number of hydrazone groups is 1. The number of halogens is 3. The van der Waals surface area contributed by atoms with Crippen LogP contribution in [0.3, 0.4) is 0 Å². The Morgan fingerprint density at radius 2 is 1.44 bits per heavy atom. The van der Waals surface area contributed by atoms with Crippen molar-refractivity contribution in [3.8, 4) is 0 Å². The van der Waals surface area contributed by atoms with Gasteiger partial charge < -0.3 is 4.90 Å². The van der Waals surface area contributed by atoms with Gasteiger partial charge in [0.25, 0.3) is 11.8 Å². The highest BCUT2D eigenvalue weighted by Crippen LogP contribution is 2.41. The number of carbonyl (C=O) groups is 2. The highest BCUT2D eigenvalue weighted by atomic mass is 35.5. The van der Waals surface area contributed by atoms with Crippen molar-refractivity contribution in [2.75, 3.05) is 27.9 Å². The Labute approximate surface area is 254 Å². The van der Waals surface area contributed by atoms with Crippen molar-refractivity contribution >= 4 is 80.9 Å². The summed E-state index contributed by atoms with van der Waals surface area (Å²) in [5.74, 6) is -0.698. The van der Waals surface area contributed by atoms with E-state index in [0.29, 0.717) is 22.0 Å².